The van der Waals surface area contributed by atoms with Crippen LogP contribution in [0.1, 0.15) is 18.9 Å². The molecule has 0 radical (unpaired) electrons. The van der Waals surface area contributed by atoms with Crippen molar-refractivity contribution in [3.63, 3.8) is 0 Å². The average molecular weight is 217 g/mol. The normalized spacial score (nSPS) is 12.6. The summed E-state index contributed by atoms with van der Waals surface area (Å²) in [7, 11) is 1.66. The zero-order chi connectivity index (χ0) is 11.8. The summed E-state index contributed by atoms with van der Waals surface area (Å²) < 4.78 is 0. The topological polar surface area (TPSA) is 29.1 Å². The van der Waals surface area contributed by atoms with Crippen molar-refractivity contribution in [2.75, 3.05) is 7.05 Å². The van der Waals surface area contributed by atoms with Gasteiger partial charge in [0.25, 0.3) is 0 Å². The zero-order valence-corrected chi connectivity index (χ0v) is 9.94. The first kappa shape index (κ1) is 12.5. The Hall–Kier alpha value is -1.57. The van der Waals surface area contributed by atoms with Gasteiger partial charge in [0.15, 0.2) is 0 Å². The van der Waals surface area contributed by atoms with Crippen molar-refractivity contribution in [3.05, 3.63) is 48.0 Å². The van der Waals surface area contributed by atoms with E-state index in [0.29, 0.717) is 12.3 Å². The summed E-state index contributed by atoms with van der Waals surface area (Å²) in [5, 5.41) is 2.60. The molecule has 0 aromatic heterocycles. The van der Waals surface area contributed by atoms with Crippen LogP contribution in [0.25, 0.3) is 0 Å². The van der Waals surface area contributed by atoms with Gasteiger partial charge in [-0.15, -0.1) is 0 Å². The first-order chi connectivity index (χ1) is 7.72. The van der Waals surface area contributed by atoms with Gasteiger partial charge in [0.1, 0.15) is 0 Å². The van der Waals surface area contributed by atoms with E-state index < -0.39 is 0 Å². The molecule has 1 aromatic rings. The average Bonchev–Trinajstić information content (AvgIpc) is 2.30. The minimum Gasteiger partial charge on any atom is -0.359 e. The van der Waals surface area contributed by atoms with Crippen LogP contribution in [0.2, 0.25) is 0 Å². The fraction of sp³-hybridized carbons (Fsp3) is 0.357. The van der Waals surface area contributed by atoms with Crippen LogP contribution in [0.5, 0.6) is 0 Å². The fourth-order valence-electron chi connectivity index (χ4n) is 1.56. The number of rotatable bonds is 5. The first-order valence-electron chi connectivity index (χ1n) is 5.63. The lowest BCUT2D eigenvalue weighted by atomic mass is 10.0. The van der Waals surface area contributed by atoms with Gasteiger partial charge in [-0.3, -0.25) is 4.79 Å². The Labute approximate surface area is 97.4 Å². The van der Waals surface area contributed by atoms with Crippen LogP contribution >= 0.6 is 0 Å². The van der Waals surface area contributed by atoms with Crippen LogP contribution in [0.15, 0.2) is 42.5 Å². The molecule has 0 unspecified atom stereocenters. The summed E-state index contributed by atoms with van der Waals surface area (Å²) in [6.07, 6.45) is 5.52. The maximum Gasteiger partial charge on any atom is 0.223 e. The second-order valence-corrected chi connectivity index (χ2v) is 3.97. The molecular weight excluding hydrogens is 198 g/mol. The Bertz CT molecular complexity index is 343. The summed E-state index contributed by atoms with van der Waals surface area (Å²) in [5.74, 6) is 0.523. The third-order valence-electron chi connectivity index (χ3n) is 2.45. The summed E-state index contributed by atoms with van der Waals surface area (Å²) in [5.41, 5.74) is 1.33. The lowest BCUT2D eigenvalue weighted by molar-refractivity contribution is -0.119. The first-order valence-corrected chi connectivity index (χ1v) is 5.63. The van der Waals surface area contributed by atoms with Gasteiger partial charge < -0.3 is 5.32 Å². The van der Waals surface area contributed by atoms with Crippen LogP contribution in [0.3, 0.4) is 0 Å². The predicted molar refractivity (Wildman–Crippen MR) is 67.1 cm³/mol. The molecule has 1 amide bonds. The van der Waals surface area contributed by atoms with E-state index in [1.807, 2.05) is 12.1 Å². The second kappa shape index (κ2) is 6.83. The molecule has 16 heavy (non-hydrogen) atoms. The number of nitrogens with one attached hydrogen (secondary N) is 1. The van der Waals surface area contributed by atoms with E-state index in [1.165, 1.54) is 5.56 Å². The van der Waals surface area contributed by atoms with E-state index in [0.717, 1.165) is 6.42 Å². The number of carbonyl (C=O) groups is 1. The third-order valence-corrected chi connectivity index (χ3v) is 2.45. The van der Waals surface area contributed by atoms with Gasteiger partial charge >= 0.3 is 0 Å². The Balaban J connectivity index is 2.36. The molecule has 1 aromatic carbocycles. The Morgan fingerprint density at radius 3 is 2.69 bits per heavy atom. The van der Waals surface area contributed by atoms with E-state index >= 15 is 0 Å². The number of amides is 1. The van der Waals surface area contributed by atoms with Crippen molar-refractivity contribution in [1.82, 2.24) is 5.32 Å². The SMILES string of the molecule is CNC(=O)CC=C[C@@H](C)Cc1ccccc1. The van der Waals surface area contributed by atoms with Gasteiger partial charge in [-0.05, 0) is 17.9 Å². The quantitative estimate of drug-likeness (QED) is 0.755. The van der Waals surface area contributed by atoms with E-state index in [1.54, 1.807) is 7.05 Å². The van der Waals surface area contributed by atoms with Crippen LogP contribution in [0, 0.1) is 5.92 Å². The molecule has 0 saturated heterocycles. The van der Waals surface area contributed by atoms with Crippen molar-refractivity contribution in [1.29, 1.82) is 0 Å². The minimum absolute atomic E-state index is 0.0585. The van der Waals surface area contributed by atoms with Gasteiger partial charge in [0.05, 0.1) is 0 Å². The molecule has 0 aliphatic heterocycles. The van der Waals surface area contributed by atoms with Crippen molar-refractivity contribution in [3.8, 4) is 0 Å². The van der Waals surface area contributed by atoms with E-state index in [-0.39, 0.29) is 5.91 Å². The van der Waals surface area contributed by atoms with Crippen molar-refractivity contribution < 1.29 is 4.79 Å². The molecule has 0 bridgehead atoms. The lowest BCUT2D eigenvalue weighted by Crippen LogP contribution is -2.16. The van der Waals surface area contributed by atoms with Gasteiger partial charge in [-0.25, -0.2) is 0 Å². The van der Waals surface area contributed by atoms with Crippen LogP contribution in [-0.4, -0.2) is 13.0 Å². The van der Waals surface area contributed by atoms with Crippen LogP contribution < -0.4 is 5.32 Å². The monoisotopic (exact) mass is 217 g/mol. The maximum absolute atomic E-state index is 11.0. The van der Waals surface area contributed by atoms with Crippen LogP contribution in [-0.2, 0) is 11.2 Å². The van der Waals surface area contributed by atoms with Crippen molar-refractivity contribution in [2.45, 2.75) is 19.8 Å². The molecule has 86 valence electrons. The largest absolute Gasteiger partial charge is 0.359 e. The summed E-state index contributed by atoms with van der Waals surface area (Å²) in [6.45, 7) is 2.16. The van der Waals surface area contributed by atoms with Gasteiger partial charge in [0, 0.05) is 13.5 Å². The molecule has 2 nitrogen and oxygen atoms in total. The summed E-state index contributed by atoms with van der Waals surface area (Å²) in [4.78, 5) is 11.0. The van der Waals surface area contributed by atoms with Gasteiger partial charge in [-0.2, -0.15) is 0 Å². The Kier molecular flexibility index (Phi) is 5.34. The van der Waals surface area contributed by atoms with Crippen molar-refractivity contribution >= 4 is 5.91 Å². The van der Waals surface area contributed by atoms with Gasteiger partial charge in [0.2, 0.25) is 5.91 Å². The minimum atomic E-state index is 0.0585. The standard InChI is InChI=1S/C14H19NO/c1-12(7-6-10-14(16)15-2)11-13-8-4-3-5-9-13/h3-9,12H,10-11H2,1-2H3,(H,15,16)/t12-/m1/s1. The molecule has 0 heterocycles. The number of hydrogen-bond acceptors (Lipinski definition) is 1. The highest BCUT2D eigenvalue weighted by Gasteiger charge is 1.99. The zero-order valence-electron chi connectivity index (χ0n) is 9.94. The highest BCUT2D eigenvalue weighted by molar-refractivity contribution is 5.76. The van der Waals surface area contributed by atoms with Crippen molar-refractivity contribution in [2.24, 2.45) is 5.92 Å². The van der Waals surface area contributed by atoms with Crippen LogP contribution in [0.4, 0.5) is 0 Å². The Morgan fingerprint density at radius 2 is 2.06 bits per heavy atom. The molecule has 0 fully saturated rings. The molecule has 0 aliphatic rings. The number of carbonyl (C=O) groups excluding carboxylic acids is 1. The fourth-order valence-corrected chi connectivity index (χ4v) is 1.56. The molecule has 0 aliphatic carbocycles. The maximum atomic E-state index is 11.0. The molecule has 1 N–H and O–H groups in total. The molecule has 1 atom stereocenters. The third kappa shape index (κ3) is 4.78. The number of hydrogen-bond donors (Lipinski definition) is 1. The van der Waals surface area contributed by atoms with E-state index in [2.05, 4.69) is 42.6 Å². The lowest BCUT2D eigenvalue weighted by Gasteiger charge is -2.05. The summed E-state index contributed by atoms with van der Waals surface area (Å²) >= 11 is 0. The molecule has 0 spiro atoms. The molecular formula is C14H19NO. The van der Waals surface area contributed by atoms with E-state index in [4.69, 9.17) is 0 Å². The molecule has 2 heteroatoms. The smallest absolute Gasteiger partial charge is 0.223 e. The Morgan fingerprint density at radius 1 is 1.38 bits per heavy atom. The molecule has 1 rings (SSSR count). The summed E-state index contributed by atoms with van der Waals surface area (Å²) in [6, 6.07) is 10.4. The predicted octanol–water partition coefficient (Wildman–Crippen LogP) is 2.56. The second-order valence-electron chi connectivity index (χ2n) is 3.97. The highest BCUT2D eigenvalue weighted by atomic mass is 16.1. The highest BCUT2D eigenvalue weighted by Crippen LogP contribution is 2.09. The number of allylic oxidation sites excluding steroid dienone is 1. The van der Waals surface area contributed by atoms with Gasteiger partial charge in [-0.1, -0.05) is 49.4 Å². The molecule has 0 saturated carbocycles. The van der Waals surface area contributed by atoms with E-state index in [9.17, 15) is 4.79 Å². The number of benzene rings is 1.